The average molecular weight is 1250 g/mol. The number of likely N-dealkylation sites (tertiary alicyclic amines) is 2. The van der Waals surface area contributed by atoms with Gasteiger partial charge in [-0.15, -0.1) is 0 Å². The van der Waals surface area contributed by atoms with Crippen LogP contribution in [0.3, 0.4) is 0 Å². The molecule has 82 heavy (non-hydrogen) atoms. The Morgan fingerprint density at radius 2 is 0.976 bits per heavy atom. The first kappa shape index (κ1) is 64.2. The number of amides is 2. The van der Waals surface area contributed by atoms with E-state index < -0.39 is 19.9 Å². The lowest BCUT2D eigenvalue weighted by Gasteiger charge is -2.30. The van der Waals surface area contributed by atoms with Gasteiger partial charge in [0.25, 0.3) is 0 Å². The molecular weight excluding hydrogens is 1180 g/mol. The van der Waals surface area contributed by atoms with Crippen molar-refractivity contribution in [1.29, 1.82) is 0 Å². The molecule has 23 heteroatoms. The van der Waals surface area contributed by atoms with Crippen LogP contribution in [-0.4, -0.2) is 155 Å². The monoisotopic (exact) mass is 1250 g/mol. The number of sulfonamides is 1. The minimum atomic E-state index is -3.77. The molecule has 0 bridgehead atoms. The molecule has 4 atom stereocenters. The van der Waals surface area contributed by atoms with Crippen LogP contribution < -0.4 is 24.8 Å². The molecule has 0 unspecified atom stereocenters. The smallest absolute Gasteiger partial charge is 0.314 e. The van der Waals surface area contributed by atoms with E-state index in [-0.39, 0.29) is 78.0 Å². The van der Waals surface area contributed by atoms with Crippen LogP contribution in [0.4, 0.5) is 4.79 Å². The molecule has 2 heterocycles. The second-order valence-electron chi connectivity index (χ2n) is 21.1. The zero-order valence-corrected chi connectivity index (χ0v) is 51.0. The molecule has 0 saturated carbocycles. The third-order valence-electron chi connectivity index (χ3n) is 15.3. The van der Waals surface area contributed by atoms with E-state index in [4.69, 9.17) is 74.8 Å². The molecule has 2 aliphatic carbocycles. The van der Waals surface area contributed by atoms with Crippen LogP contribution in [0.15, 0.2) is 82.6 Å². The van der Waals surface area contributed by atoms with Crippen LogP contribution in [0, 0.1) is 0 Å². The molecule has 4 aliphatic rings. The molecule has 4 aromatic rings. The Morgan fingerprint density at radius 3 is 1.51 bits per heavy atom. The summed E-state index contributed by atoms with van der Waals surface area (Å²) < 4.78 is 90.1. The number of rotatable bonds is 35. The number of halogens is 4. The lowest BCUT2D eigenvalue weighted by atomic mass is 10.1. The van der Waals surface area contributed by atoms with Gasteiger partial charge in [-0.2, -0.15) is 0 Å². The van der Waals surface area contributed by atoms with E-state index in [1.54, 1.807) is 48.5 Å². The fourth-order valence-corrected chi connectivity index (χ4v) is 14.6. The maximum atomic E-state index is 13.1. The molecule has 3 N–H and O–H groups in total. The average Bonchev–Trinajstić information content (AvgIpc) is 4.41. The van der Waals surface area contributed by atoms with Crippen molar-refractivity contribution in [2.75, 3.05) is 104 Å². The molecule has 2 fully saturated rings. The summed E-state index contributed by atoms with van der Waals surface area (Å²) in [4.78, 5) is 29.7. The quantitative estimate of drug-likeness (QED) is 0.0368. The Balaban J connectivity index is 0.572. The normalized spacial score (nSPS) is 19.1. The third kappa shape index (κ3) is 18.8. The van der Waals surface area contributed by atoms with Crippen molar-refractivity contribution in [2.24, 2.45) is 0 Å². The molecule has 0 radical (unpaired) electrons. The summed E-state index contributed by atoms with van der Waals surface area (Å²) in [5.41, 5.74) is 4.04. The van der Waals surface area contributed by atoms with Gasteiger partial charge in [0.05, 0.1) is 67.3 Å². The summed E-state index contributed by atoms with van der Waals surface area (Å²) >= 11 is 26.0. The Kier molecular flexibility index (Phi) is 25.1. The Bertz CT molecular complexity index is 2740. The Labute approximate surface area is 503 Å². The summed E-state index contributed by atoms with van der Waals surface area (Å²) in [6, 6.07) is 20.3. The van der Waals surface area contributed by atoms with Crippen LogP contribution in [0.1, 0.15) is 105 Å². The first-order chi connectivity index (χ1) is 39.6. The van der Waals surface area contributed by atoms with Crippen molar-refractivity contribution in [3.63, 3.8) is 0 Å². The number of benzene rings is 4. The number of unbranched alkanes of at least 4 members (excludes halogenated alkanes) is 2. The zero-order valence-electron chi connectivity index (χ0n) is 46.4. The van der Waals surface area contributed by atoms with Crippen molar-refractivity contribution in [3.8, 4) is 11.5 Å². The van der Waals surface area contributed by atoms with E-state index in [1.165, 1.54) is 12.1 Å². The highest BCUT2D eigenvalue weighted by Gasteiger charge is 2.42. The predicted octanol–water partition coefficient (Wildman–Crippen LogP) is 10.00. The highest BCUT2D eigenvalue weighted by atomic mass is 35.5. The summed E-state index contributed by atoms with van der Waals surface area (Å²) in [6.07, 6.45) is 9.66. The van der Waals surface area contributed by atoms with Crippen LogP contribution in [-0.2, 0) is 56.4 Å². The van der Waals surface area contributed by atoms with Gasteiger partial charge in [-0.25, -0.2) is 26.4 Å². The van der Waals surface area contributed by atoms with Crippen molar-refractivity contribution in [2.45, 2.75) is 118 Å². The number of hydrogen-bond acceptors (Lipinski definition) is 14. The topological polar surface area (TPSA) is 200 Å². The SMILES string of the molecule is O=C(CCCCCNC(=O)NCCOCCOCCCS(=O)(=O)c1ccc(O[C@H]2c3cc(Cl)cc(Cl)c3C[C@@H]2N2CCCC2)cc1)CCCOCCOCCNS(=O)(=O)c1ccc(O[C@H]2c3cc(Cl)cc(Cl)c3C[C@@H]2N2CCCC2)cc1. The van der Waals surface area contributed by atoms with E-state index in [9.17, 15) is 26.4 Å². The molecule has 2 aliphatic heterocycles. The highest BCUT2D eigenvalue weighted by Crippen LogP contribution is 2.45. The van der Waals surface area contributed by atoms with Gasteiger partial charge in [0, 0.05) is 76.9 Å². The molecular formula is C59H77Cl4N5O12S2. The van der Waals surface area contributed by atoms with Crippen LogP contribution >= 0.6 is 46.4 Å². The second kappa shape index (κ2) is 32.1. The number of nitrogens with one attached hydrogen (secondary N) is 3. The van der Waals surface area contributed by atoms with Crippen molar-refractivity contribution in [3.05, 3.63) is 115 Å². The number of nitrogens with zero attached hydrogens (tertiary/aromatic N) is 2. The van der Waals surface area contributed by atoms with Gasteiger partial charge in [0.1, 0.15) is 29.5 Å². The van der Waals surface area contributed by atoms with Gasteiger partial charge in [-0.3, -0.25) is 14.6 Å². The van der Waals surface area contributed by atoms with Gasteiger partial charge in [0.15, 0.2) is 9.84 Å². The fraction of sp³-hybridized carbons (Fsp3) is 0.559. The molecule has 450 valence electrons. The Morgan fingerprint density at radius 1 is 0.512 bits per heavy atom. The maximum Gasteiger partial charge on any atom is 0.314 e. The first-order valence-corrected chi connectivity index (χ1v) is 33.3. The van der Waals surface area contributed by atoms with Gasteiger partial charge in [-0.05, 0) is 174 Å². The number of hydrogen-bond donors (Lipinski definition) is 3. The van der Waals surface area contributed by atoms with Crippen LogP contribution in [0.5, 0.6) is 11.5 Å². The Hall–Kier alpha value is -3.80. The van der Waals surface area contributed by atoms with Crippen LogP contribution in [0.2, 0.25) is 20.1 Å². The van der Waals surface area contributed by atoms with Gasteiger partial charge >= 0.3 is 6.03 Å². The van der Waals surface area contributed by atoms with E-state index in [1.807, 2.05) is 12.1 Å². The van der Waals surface area contributed by atoms with Crippen molar-refractivity contribution in [1.82, 2.24) is 25.2 Å². The van der Waals surface area contributed by atoms with E-state index in [0.717, 1.165) is 106 Å². The standard InChI is InChI=1S/C59H77Cl4N5O12S2/c60-42-36-51-49(53(62)38-42)40-55(67-23-4-5-24-67)57(51)79-45-12-16-47(17-13-45)81(71,72)35-9-28-76-32-33-77-29-21-65-59(70)64-20-3-1-2-10-44(69)11-8-27-75-31-34-78-30-22-66-82(73,74)48-18-14-46(15-19-48)80-58-52-37-43(61)39-54(63)50(52)41-56(58)68-25-6-7-26-68/h12-19,36-39,55-58,66H,1-11,20-35,40-41H2,(H2,64,65,70)/t55-,56-,57-,58-/m0/s1. The predicted molar refractivity (Wildman–Crippen MR) is 318 cm³/mol. The van der Waals surface area contributed by atoms with E-state index in [2.05, 4.69) is 25.2 Å². The molecule has 0 aromatic heterocycles. The summed E-state index contributed by atoms with van der Waals surface area (Å²) in [5.74, 6) is 1.24. The number of carbonyl (C=O) groups is 2. The molecule has 4 aromatic carbocycles. The van der Waals surface area contributed by atoms with Crippen molar-refractivity contribution >= 4 is 78.1 Å². The number of Topliss-reactive ketones (excluding diaryl/α,β-unsaturated/α-hetero) is 1. The number of fused-ring (bicyclic) bond motifs is 2. The van der Waals surface area contributed by atoms with E-state index >= 15 is 0 Å². The zero-order chi connectivity index (χ0) is 57.9. The highest BCUT2D eigenvalue weighted by molar-refractivity contribution is 7.91. The van der Waals surface area contributed by atoms with Crippen LogP contribution in [0.25, 0.3) is 0 Å². The van der Waals surface area contributed by atoms with Gasteiger partial charge in [0.2, 0.25) is 10.0 Å². The number of ether oxygens (including phenoxy) is 6. The van der Waals surface area contributed by atoms with Gasteiger partial charge < -0.3 is 39.1 Å². The fourth-order valence-electron chi connectivity index (χ4n) is 11.1. The summed E-state index contributed by atoms with van der Waals surface area (Å²) in [5, 5.41) is 7.95. The molecule has 2 amide bonds. The summed E-state index contributed by atoms with van der Waals surface area (Å²) in [6.45, 7) is 7.24. The number of carbonyl (C=O) groups excluding carboxylic acids is 2. The summed E-state index contributed by atoms with van der Waals surface area (Å²) in [7, 11) is -7.30. The number of urea groups is 1. The molecule has 17 nitrogen and oxygen atoms in total. The third-order valence-corrected chi connectivity index (χ3v) is 19.7. The minimum absolute atomic E-state index is 0.0614. The lowest BCUT2D eigenvalue weighted by Crippen LogP contribution is -2.38. The molecule has 2 saturated heterocycles. The molecule has 8 rings (SSSR count). The maximum absolute atomic E-state index is 13.1. The lowest BCUT2D eigenvalue weighted by molar-refractivity contribution is -0.119. The first-order valence-electron chi connectivity index (χ1n) is 28.7. The number of ketones is 1. The molecule has 0 spiro atoms. The number of sulfone groups is 1. The largest absolute Gasteiger partial charge is 0.484 e. The second-order valence-corrected chi connectivity index (χ2v) is 26.7. The minimum Gasteiger partial charge on any atom is -0.484 e. The van der Waals surface area contributed by atoms with Crippen molar-refractivity contribution < 1.29 is 54.8 Å². The van der Waals surface area contributed by atoms with Gasteiger partial charge in [-0.1, -0.05) is 52.8 Å². The van der Waals surface area contributed by atoms with E-state index in [0.29, 0.717) is 103 Å².